The Labute approximate surface area is 149 Å². The fraction of sp³-hybridized carbons (Fsp3) is 0.0500. The third-order valence-electron chi connectivity index (χ3n) is 4.53. The molecule has 0 aliphatic heterocycles. The predicted octanol–water partition coefficient (Wildman–Crippen LogP) is 3.53. The summed E-state index contributed by atoms with van der Waals surface area (Å²) in [4.78, 5) is 9.36. The van der Waals surface area contributed by atoms with Gasteiger partial charge in [-0.25, -0.2) is 4.98 Å². The van der Waals surface area contributed by atoms with Crippen molar-refractivity contribution in [2.75, 3.05) is 5.73 Å². The molecule has 4 heterocycles. The summed E-state index contributed by atoms with van der Waals surface area (Å²) in [6, 6.07) is 14.0. The lowest BCUT2D eigenvalue weighted by atomic mass is 10.1. The number of aromatic nitrogens is 5. The van der Waals surface area contributed by atoms with Gasteiger partial charge in [-0.3, -0.25) is 4.98 Å². The Hall–Kier alpha value is -3.67. The summed E-state index contributed by atoms with van der Waals surface area (Å²) in [5, 5.41) is 5.46. The van der Waals surface area contributed by atoms with Crippen molar-refractivity contribution in [3.05, 3.63) is 67.3 Å². The smallest absolute Gasteiger partial charge is 0.165 e. The normalized spacial score (nSPS) is 11.4. The first-order valence-electron chi connectivity index (χ1n) is 8.31. The van der Waals surface area contributed by atoms with Crippen molar-refractivity contribution in [2.24, 2.45) is 7.05 Å². The monoisotopic (exact) mass is 340 g/mol. The van der Waals surface area contributed by atoms with Crippen molar-refractivity contribution in [2.45, 2.75) is 0 Å². The maximum absolute atomic E-state index is 6.24. The number of aryl methyl sites for hydroxylation is 1. The number of hydrogen-bond donors (Lipinski definition) is 1. The lowest BCUT2D eigenvalue weighted by Gasteiger charge is -2.06. The Morgan fingerprint density at radius 1 is 1.00 bits per heavy atom. The Morgan fingerprint density at radius 3 is 2.73 bits per heavy atom. The van der Waals surface area contributed by atoms with E-state index >= 15 is 0 Å². The topological polar surface area (TPSA) is 74.0 Å². The van der Waals surface area contributed by atoms with E-state index in [0.29, 0.717) is 5.82 Å². The molecular weight excluding hydrogens is 324 g/mol. The van der Waals surface area contributed by atoms with Crippen LogP contribution in [0, 0.1) is 0 Å². The van der Waals surface area contributed by atoms with Gasteiger partial charge in [0.1, 0.15) is 5.82 Å². The summed E-state index contributed by atoms with van der Waals surface area (Å²) in [5.74, 6) is 0.542. The first-order valence-corrected chi connectivity index (χ1v) is 8.31. The van der Waals surface area contributed by atoms with Gasteiger partial charge in [0.2, 0.25) is 0 Å². The quantitative estimate of drug-likeness (QED) is 0.533. The number of fused-ring (bicyclic) bond motifs is 2. The van der Waals surface area contributed by atoms with E-state index in [1.165, 1.54) is 0 Å². The third-order valence-corrected chi connectivity index (χ3v) is 4.53. The highest BCUT2D eigenvalue weighted by Gasteiger charge is 2.13. The zero-order valence-electron chi connectivity index (χ0n) is 14.2. The molecule has 126 valence electrons. The van der Waals surface area contributed by atoms with Gasteiger partial charge in [0, 0.05) is 53.8 Å². The van der Waals surface area contributed by atoms with Crippen molar-refractivity contribution in [3.8, 4) is 22.4 Å². The summed E-state index contributed by atoms with van der Waals surface area (Å²) in [7, 11) is 1.99. The summed E-state index contributed by atoms with van der Waals surface area (Å²) < 4.78 is 3.67. The van der Waals surface area contributed by atoms with Crippen molar-refractivity contribution in [3.63, 3.8) is 0 Å². The molecular formula is C20H16N6. The molecule has 6 nitrogen and oxygen atoms in total. The standard InChI is InChI=1S/C20H16N6/c1-25-7-6-14(12-25)16-11-23-26-19(21)9-18(24-20(16)26)15-8-13-4-2-3-5-17(13)22-10-15/h2-12H,21H2,1H3. The van der Waals surface area contributed by atoms with Crippen LogP contribution in [-0.2, 0) is 7.05 Å². The summed E-state index contributed by atoms with van der Waals surface area (Å²) >= 11 is 0. The van der Waals surface area contributed by atoms with E-state index in [2.05, 4.69) is 16.1 Å². The lowest BCUT2D eigenvalue weighted by molar-refractivity contribution is 0.928. The number of para-hydroxylation sites is 1. The van der Waals surface area contributed by atoms with Gasteiger partial charge in [0.05, 0.1) is 17.4 Å². The first kappa shape index (κ1) is 14.7. The molecule has 0 unspecified atom stereocenters. The lowest BCUT2D eigenvalue weighted by Crippen LogP contribution is -2.01. The average Bonchev–Trinajstić information content (AvgIpc) is 3.27. The molecule has 5 aromatic rings. The highest BCUT2D eigenvalue weighted by Crippen LogP contribution is 2.28. The molecule has 4 aromatic heterocycles. The molecule has 26 heavy (non-hydrogen) atoms. The van der Waals surface area contributed by atoms with Crippen molar-refractivity contribution in [1.82, 2.24) is 24.1 Å². The van der Waals surface area contributed by atoms with Crippen LogP contribution < -0.4 is 5.73 Å². The van der Waals surface area contributed by atoms with E-state index in [-0.39, 0.29) is 0 Å². The maximum Gasteiger partial charge on any atom is 0.165 e. The van der Waals surface area contributed by atoms with Crippen LogP contribution in [0.3, 0.4) is 0 Å². The van der Waals surface area contributed by atoms with E-state index in [1.807, 2.05) is 66.6 Å². The zero-order valence-corrected chi connectivity index (χ0v) is 14.2. The first-order chi connectivity index (χ1) is 12.7. The zero-order chi connectivity index (χ0) is 17.7. The van der Waals surface area contributed by atoms with E-state index in [9.17, 15) is 0 Å². The minimum atomic E-state index is 0.542. The SMILES string of the molecule is Cn1ccc(-c2cnn3c(N)cc(-c4cnc5ccccc5c4)nc23)c1. The van der Waals surface area contributed by atoms with Crippen LogP contribution >= 0.6 is 0 Å². The third kappa shape index (κ3) is 2.23. The fourth-order valence-corrected chi connectivity index (χ4v) is 3.21. The molecule has 0 saturated heterocycles. The van der Waals surface area contributed by atoms with Gasteiger partial charge in [-0.2, -0.15) is 9.61 Å². The number of benzene rings is 1. The maximum atomic E-state index is 6.24. The Bertz CT molecular complexity index is 1260. The van der Waals surface area contributed by atoms with E-state index in [4.69, 9.17) is 10.7 Å². The second-order valence-corrected chi connectivity index (χ2v) is 6.34. The Morgan fingerprint density at radius 2 is 1.88 bits per heavy atom. The van der Waals surface area contributed by atoms with Crippen LogP contribution in [0.25, 0.3) is 38.9 Å². The Balaban J connectivity index is 1.72. The highest BCUT2D eigenvalue weighted by molar-refractivity contribution is 5.84. The average molecular weight is 340 g/mol. The molecule has 0 saturated carbocycles. The number of pyridine rings is 1. The number of nitrogen functional groups attached to an aromatic ring is 1. The molecule has 1 aromatic carbocycles. The largest absolute Gasteiger partial charge is 0.384 e. The van der Waals surface area contributed by atoms with Crippen LogP contribution in [0.5, 0.6) is 0 Å². The van der Waals surface area contributed by atoms with Crippen molar-refractivity contribution in [1.29, 1.82) is 0 Å². The van der Waals surface area contributed by atoms with Gasteiger partial charge in [0.25, 0.3) is 0 Å². The van der Waals surface area contributed by atoms with Crippen LogP contribution in [0.2, 0.25) is 0 Å². The van der Waals surface area contributed by atoms with E-state index in [1.54, 1.807) is 10.7 Å². The van der Waals surface area contributed by atoms with Gasteiger partial charge in [0.15, 0.2) is 5.65 Å². The van der Waals surface area contributed by atoms with Gasteiger partial charge >= 0.3 is 0 Å². The van der Waals surface area contributed by atoms with Gasteiger partial charge in [-0.1, -0.05) is 18.2 Å². The molecule has 0 amide bonds. The molecule has 0 aliphatic carbocycles. The minimum absolute atomic E-state index is 0.542. The Kier molecular flexibility index (Phi) is 3.05. The number of nitrogens with two attached hydrogens (primary N) is 1. The summed E-state index contributed by atoms with van der Waals surface area (Å²) in [5.41, 5.74) is 11.7. The second-order valence-electron chi connectivity index (χ2n) is 6.34. The molecule has 5 rings (SSSR count). The van der Waals surface area contributed by atoms with Crippen LogP contribution in [0.15, 0.2) is 67.3 Å². The molecule has 0 aliphatic rings. The molecule has 6 heteroatoms. The van der Waals surface area contributed by atoms with Gasteiger partial charge < -0.3 is 10.3 Å². The number of hydrogen-bond acceptors (Lipinski definition) is 4. The summed E-state index contributed by atoms with van der Waals surface area (Å²) in [6.07, 6.45) is 7.67. The van der Waals surface area contributed by atoms with E-state index in [0.717, 1.165) is 38.9 Å². The van der Waals surface area contributed by atoms with Crippen LogP contribution in [-0.4, -0.2) is 24.1 Å². The molecule has 0 bridgehead atoms. The van der Waals surface area contributed by atoms with Crippen LogP contribution in [0.1, 0.15) is 0 Å². The van der Waals surface area contributed by atoms with Crippen molar-refractivity contribution < 1.29 is 0 Å². The fourth-order valence-electron chi connectivity index (χ4n) is 3.21. The minimum Gasteiger partial charge on any atom is -0.384 e. The van der Waals surface area contributed by atoms with Crippen LogP contribution in [0.4, 0.5) is 5.82 Å². The molecule has 0 atom stereocenters. The molecule has 0 fully saturated rings. The van der Waals surface area contributed by atoms with E-state index < -0.39 is 0 Å². The van der Waals surface area contributed by atoms with Crippen molar-refractivity contribution >= 4 is 22.4 Å². The molecule has 0 radical (unpaired) electrons. The van der Waals surface area contributed by atoms with Gasteiger partial charge in [-0.05, 0) is 18.2 Å². The number of rotatable bonds is 2. The number of nitrogens with zero attached hydrogens (tertiary/aromatic N) is 5. The summed E-state index contributed by atoms with van der Waals surface area (Å²) in [6.45, 7) is 0. The highest BCUT2D eigenvalue weighted by atomic mass is 15.3. The van der Waals surface area contributed by atoms with Gasteiger partial charge in [-0.15, -0.1) is 0 Å². The molecule has 2 N–H and O–H groups in total. The second kappa shape index (κ2) is 5.42. The predicted molar refractivity (Wildman–Crippen MR) is 103 cm³/mol. The molecule has 0 spiro atoms. The number of anilines is 1.